The number of aryl methyl sites for hydroxylation is 2. The number of thiophene rings is 1. The molecule has 0 saturated carbocycles. The molecule has 0 aliphatic heterocycles. The SMILES string of the molecule is COc1ccc(-n2c(SCC(=O)N/N=C/c3ccccc3O)nc3sc4c(c3c2=O)CCCC4)cc1. The van der Waals surface area contributed by atoms with Gasteiger partial charge in [-0.05, 0) is 67.6 Å². The van der Waals surface area contributed by atoms with Crippen LogP contribution in [0.4, 0.5) is 0 Å². The van der Waals surface area contributed by atoms with Gasteiger partial charge in [-0.3, -0.25) is 14.2 Å². The number of carbonyl (C=O) groups excluding carboxylic acids is 1. The molecule has 0 spiro atoms. The summed E-state index contributed by atoms with van der Waals surface area (Å²) in [7, 11) is 1.59. The summed E-state index contributed by atoms with van der Waals surface area (Å²) in [5.41, 5.74) is 4.61. The largest absolute Gasteiger partial charge is 0.507 e. The number of ether oxygens (including phenoxy) is 1. The van der Waals surface area contributed by atoms with Crippen molar-refractivity contribution in [1.29, 1.82) is 0 Å². The van der Waals surface area contributed by atoms with E-state index in [1.54, 1.807) is 59.4 Å². The summed E-state index contributed by atoms with van der Waals surface area (Å²) in [6.07, 6.45) is 5.43. The fourth-order valence-corrected chi connectivity index (χ4v) is 6.28. The number of phenolic OH excluding ortho intramolecular Hbond substituents is 1. The highest BCUT2D eigenvalue weighted by Crippen LogP contribution is 2.35. The van der Waals surface area contributed by atoms with E-state index in [9.17, 15) is 14.7 Å². The minimum absolute atomic E-state index is 0.0112. The lowest BCUT2D eigenvalue weighted by Crippen LogP contribution is -2.24. The smallest absolute Gasteiger partial charge is 0.267 e. The van der Waals surface area contributed by atoms with Crippen LogP contribution in [0.1, 0.15) is 28.8 Å². The van der Waals surface area contributed by atoms with Gasteiger partial charge in [-0.1, -0.05) is 23.9 Å². The van der Waals surface area contributed by atoms with Gasteiger partial charge in [-0.25, -0.2) is 10.4 Å². The zero-order valence-corrected chi connectivity index (χ0v) is 21.2. The molecule has 0 unspecified atom stereocenters. The van der Waals surface area contributed by atoms with Gasteiger partial charge in [0.1, 0.15) is 16.3 Å². The highest BCUT2D eigenvalue weighted by molar-refractivity contribution is 7.99. The third kappa shape index (κ3) is 4.87. The molecule has 0 radical (unpaired) electrons. The van der Waals surface area contributed by atoms with Crippen LogP contribution < -0.4 is 15.7 Å². The Morgan fingerprint density at radius 3 is 2.78 bits per heavy atom. The van der Waals surface area contributed by atoms with Crippen LogP contribution in [0, 0.1) is 0 Å². The lowest BCUT2D eigenvalue weighted by molar-refractivity contribution is -0.118. The second kappa shape index (κ2) is 10.5. The number of aromatic nitrogens is 2. The number of methoxy groups -OCH3 is 1. The van der Waals surface area contributed by atoms with Gasteiger partial charge in [-0.15, -0.1) is 11.3 Å². The average molecular weight is 521 g/mol. The fourth-order valence-electron chi connectivity index (χ4n) is 4.18. The van der Waals surface area contributed by atoms with Crippen LogP contribution >= 0.6 is 23.1 Å². The number of phenols is 1. The number of hydrogen-bond donors (Lipinski definition) is 2. The summed E-state index contributed by atoms with van der Waals surface area (Å²) in [6, 6.07) is 13.9. The van der Waals surface area contributed by atoms with Gasteiger partial charge in [0.25, 0.3) is 11.5 Å². The van der Waals surface area contributed by atoms with Crippen molar-refractivity contribution in [1.82, 2.24) is 15.0 Å². The number of nitrogens with one attached hydrogen (secondary N) is 1. The standard InChI is InChI=1S/C26H24N4O4S2/c1-34-18-12-10-17(11-13-18)30-25(33)23-19-7-3-5-9-21(19)36-24(23)28-26(30)35-15-22(32)29-27-14-16-6-2-4-8-20(16)31/h2,4,6,8,10-14,31H,3,5,7,9,15H2,1H3,(H,29,32)/b27-14+. The second-order valence-electron chi connectivity index (χ2n) is 8.26. The Bertz CT molecular complexity index is 1510. The first kappa shape index (κ1) is 24.1. The number of amides is 1. The predicted molar refractivity (Wildman–Crippen MR) is 143 cm³/mol. The summed E-state index contributed by atoms with van der Waals surface area (Å²) in [6.45, 7) is 0. The molecule has 5 rings (SSSR count). The van der Waals surface area contributed by atoms with Crippen molar-refractivity contribution in [2.75, 3.05) is 12.9 Å². The van der Waals surface area contributed by atoms with E-state index in [1.807, 2.05) is 12.1 Å². The molecule has 36 heavy (non-hydrogen) atoms. The average Bonchev–Trinajstić information content (AvgIpc) is 3.27. The number of hydrogen-bond acceptors (Lipinski definition) is 8. The summed E-state index contributed by atoms with van der Waals surface area (Å²) in [5.74, 6) is 0.416. The maximum absolute atomic E-state index is 13.8. The highest BCUT2D eigenvalue weighted by atomic mass is 32.2. The van der Waals surface area contributed by atoms with Crippen LogP contribution in [0.25, 0.3) is 15.9 Å². The van der Waals surface area contributed by atoms with Crippen LogP contribution in [0.5, 0.6) is 11.5 Å². The maximum atomic E-state index is 13.8. The first-order chi connectivity index (χ1) is 17.5. The van der Waals surface area contributed by atoms with Gasteiger partial charge in [0, 0.05) is 10.4 Å². The number of hydrazone groups is 1. The second-order valence-corrected chi connectivity index (χ2v) is 10.3. The van der Waals surface area contributed by atoms with E-state index >= 15 is 0 Å². The van der Waals surface area contributed by atoms with Crippen LogP contribution in [0.15, 0.2) is 63.6 Å². The third-order valence-corrected chi connectivity index (χ3v) is 8.08. The fraction of sp³-hybridized carbons (Fsp3) is 0.231. The molecule has 4 aromatic rings. The molecule has 8 nitrogen and oxygen atoms in total. The van der Waals surface area contributed by atoms with E-state index in [4.69, 9.17) is 9.72 Å². The van der Waals surface area contributed by atoms with E-state index < -0.39 is 0 Å². The molecule has 0 fully saturated rings. The van der Waals surface area contributed by atoms with E-state index in [-0.39, 0.29) is 23.0 Å². The summed E-state index contributed by atoms with van der Waals surface area (Å²) in [4.78, 5) is 33.1. The van der Waals surface area contributed by atoms with Crippen molar-refractivity contribution in [3.8, 4) is 17.2 Å². The number of aromatic hydroxyl groups is 1. The van der Waals surface area contributed by atoms with Gasteiger partial charge >= 0.3 is 0 Å². The van der Waals surface area contributed by atoms with Crippen molar-refractivity contribution in [3.63, 3.8) is 0 Å². The Kier molecular flexibility index (Phi) is 7.06. The molecule has 2 N–H and O–H groups in total. The van der Waals surface area contributed by atoms with E-state index in [0.29, 0.717) is 27.5 Å². The molecule has 1 aliphatic rings. The molecule has 10 heteroatoms. The number of benzene rings is 2. The topological polar surface area (TPSA) is 106 Å². The summed E-state index contributed by atoms with van der Waals surface area (Å²) >= 11 is 2.76. The maximum Gasteiger partial charge on any atom is 0.267 e. The van der Waals surface area contributed by atoms with Crippen molar-refractivity contribution < 1.29 is 14.6 Å². The molecule has 1 aliphatic carbocycles. The lowest BCUT2D eigenvalue weighted by atomic mass is 9.97. The van der Waals surface area contributed by atoms with Crippen molar-refractivity contribution >= 4 is 45.4 Å². The molecule has 0 atom stereocenters. The monoisotopic (exact) mass is 520 g/mol. The van der Waals surface area contributed by atoms with Crippen LogP contribution in [0.2, 0.25) is 0 Å². The Morgan fingerprint density at radius 1 is 1.22 bits per heavy atom. The molecule has 2 aromatic heterocycles. The van der Waals surface area contributed by atoms with Crippen LogP contribution in [-0.2, 0) is 17.6 Å². The molecule has 2 heterocycles. The highest BCUT2D eigenvalue weighted by Gasteiger charge is 2.23. The summed E-state index contributed by atoms with van der Waals surface area (Å²) < 4.78 is 6.84. The van der Waals surface area contributed by atoms with Crippen LogP contribution in [-0.4, -0.2) is 39.6 Å². The molecular weight excluding hydrogens is 496 g/mol. The van der Waals surface area contributed by atoms with Crippen LogP contribution in [0.3, 0.4) is 0 Å². The first-order valence-corrected chi connectivity index (χ1v) is 13.3. The number of para-hydroxylation sites is 1. The summed E-state index contributed by atoms with van der Waals surface area (Å²) in [5, 5.41) is 14.9. The Morgan fingerprint density at radius 2 is 2.00 bits per heavy atom. The van der Waals surface area contributed by atoms with Gasteiger partial charge in [-0.2, -0.15) is 5.10 Å². The molecule has 1 amide bonds. The van der Waals surface area contributed by atoms with Crippen molar-refractivity contribution in [2.24, 2.45) is 5.10 Å². The van der Waals surface area contributed by atoms with Gasteiger partial charge in [0.15, 0.2) is 5.16 Å². The zero-order valence-electron chi connectivity index (χ0n) is 19.6. The molecular formula is C26H24N4O4S2. The number of carbonyl (C=O) groups is 1. The lowest BCUT2D eigenvalue weighted by Gasteiger charge is -2.14. The number of thioether (sulfide) groups is 1. The van der Waals surface area contributed by atoms with E-state index in [0.717, 1.165) is 36.1 Å². The van der Waals surface area contributed by atoms with Crippen molar-refractivity contribution in [2.45, 2.75) is 30.8 Å². The van der Waals surface area contributed by atoms with Gasteiger partial charge < -0.3 is 9.84 Å². The van der Waals surface area contributed by atoms with E-state index in [2.05, 4.69) is 10.5 Å². The molecule has 0 saturated heterocycles. The van der Waals surface area contributed by atoms with E-state index in [1.165, 1.54) is 22.9 Å². The quantitative estimate of drug-likeness (QED) is 0.163. The minimum atomic E-state index is -0.354. The molecule has 0 bridgehead atoms. The minimum Gasteiger partial charge on any atom is -0.507 e. The first-order valence-electron chi connectivity index (χ1n) is 11.5. The van der Waals surface area contributed by atoms with Crippen molar-refractivity contribution in [3.05, 3.63) is 74.9 Å². The van der Waals surface area contributed by atoms with Gasteiger partial charge in [0.05, 0.1) is 30.2 Å². The Balaban J connectivity index is 1.44. The number of rotatable bonds is 7. The third-order valence-electron chi connectivity index (χ3n) is 5.95. The Hall–Kier alpha value is -3.63. The predicted octanol–water partition coefficient (Wildman–Crippen LogP) is 4.28. The van der Waals surface area contributed by atoms with Gasteiger partial charge in [0.2, 0.25) is 0 Å². The number of fused-ring (bicyclic) bond motifs is 3. The number of nitrogens with zero attached hydrogens (tertiary/aromatic N) is 3. The Labute approximate surface area is 215 Å². The normalized spacial score (nSPS) is 13.1. The molecule has 2 aromatic carbocycles. The molecule has 184 valence electrons. The zero-order chi connectivity index (χ0) is 25.1.